The van der Waals surface area contributed by atoms with E-state index in [4.69, 9.17) is 4.74 Å². The Bertz CT molecular complexity index is 674. The van der Waals surface area contributed by atoms with Gasteiger partial charge in [0.1, 0.15) is 5.75 Å². The Labute approximate surface area is 150 Å². The van der Waals surface area contributed by atoms with Gasteiger partial charge in [-0.2, -0.15) is 0 Å². The normalized spacial score (nSPS) is 12.0. The number of likely N-dealkylation sites (N-methyl/N-ethyl adjacent to an activating group) is 1. The fraction of sp³-hybridized carbons (Fsp3) is 0.400. The van der Waals surface area contributed by atoms with Crippen LogP contribution in [0.15, 0.2) is 48.8 Å². The average Bonchev–Trinajstić information content (AvgIpc) is 2.64. The molecular weight excluding hydrogens is 314 g/mol. The van der Waals surface area contributed by atoms with Crippen LogP contribution in [0.4, 0.5) is 0 Å². The highest BCUT2D eigenvalue weighted by Crippen LogP contribution is 2.20. The van der Waals surface area contributed by atoms with E-state index in [1.54, 1.807) is 19.5 Å². The second-order valence-corrected chi connectivity index (χ2v) is 6.42. The van der Waals surface area contributed by atoms with Crippen molar-refractivity contribution in [2.75, 3.05) is 34.3 Å². The van der Waals surface area contributed by atoms with Crippen LogP contribution in [0, 0.1) is 0 Å². The maximum absolute atomic E-state index is 13.1. The summed E-state index contributed by atoms with van der Waals surface area (Å²) in [5, 5.41) is 0. The van der Waals surface area contributed by atoms with Crippen molar-refractivity contribution in [3.05, 3.63) is 59.9 Å². The molecule has 0 radical (unpaired) electrons. The molecule has 0 fully saturated rings. The third-order valence-corrected chi connectivity index (χ3v) is 4.19. The molecule has 0 saturated heterocycles. The van der Waals surface area contributed by atoms with Crippen LogP contribution in [0.25, 0.3) is 0 Å². The van der Waals surface area contributed by atoms with Crippen LogP contribution in [-0.4, -0.2) is 55.0 Å². The van der Waals surface area contributed by atoms with Crippen molar-refractivity contribution in [1.29, 1.82) is 0 Å². The number of ether oxygens (including phenoxy) is 1. The van der Waals surface area contributed by atoms with E-state index in [9.17, 15) is 4.79 Å². The molecule has 1 heterocycles. The molecule has 1 amide bonds. The highest BCUT2D eigenvalue weighted by molar-refractivity contribution is 5.83. The van der Waals surface area contributed by atoms with Gasteiger partial charge in [0.15, 0.2) is 0 Å². The van der Waals surface area contributed by atoms with Gasteiger partial charge in [0, 0.05) is 32.0 Å². The zero-order chi connectivity index (χ0) is 18.2. The standard InChI is InChI=1S/C20H27N3O2/c1-16(18-8-6-10-21-14-18)20(24)23(12-11-22(2)3)15-17-7-5-9-19(13-17)25-4/h5-10,13-14,16H,11-12,15H2,1-4H3. The number of aromatic nitrogens is 1. The Kier molecular flexibility index (Phi) is 6.95. The molecule has 0 bridgehead atoms. The molecule has 25 heavy (non-hydrogen) atoms. The van der Waals surface area contributed by atoms with Crippen LogP contribution < -0.4 is 4.74 Å². The third kappa shape index (κ3) is 5.57. The molecule has 1 aromatic carbocycles. The number of carbonyl (C=O) groups excluding carboxylic acids is 1. The molecule has 2 rings (SSSR count). The summed E-state index contributed by atoms with van der Waals surface area (Å²) >= 11 is 0. The molecule has 0 aliphatic carbocycles. The number of pyridine rings is 1. The summed E-state index contributed by atoms with van der Waals surface area (Å²) in [6.07, 6.45) is 3.49. The summed E-state index contributed by atoms with van der Waals surface area (Å²) in [6.45, 7) is 3.99. The topological polar surface area (TPSA) is 45.7 Å². The number of nitrogens with zero attached hydrogens (tertiary/aromatic N) is 3. The lowest BCUT2D eigenvalue weighted by atomic mass is 10.0. The molecule has 0 spiro atoms. The number of rotatable bonds is 8. The highest BCUT2D eigenvalue weighted by Gasteiger charge is 2.22. The quantitative estimate of drug-likeness (QED) is 0.741. The molecule has 0 saturated carbocycles. The van der Waals surface area contributed by atoms with Gasteiger partial charge in [-0.3, -0.25) is 9.78 Å². The Morgan fingerprint density at radius 2 is 2.00 bits per heavy atom. The molecule has 0 aliphatic heterocycles. The highest BCUT2D eigenvalue weighted by atomic mass is 16.5. The van der Waals surface area contributed by atoms with E-state index in [1.165, 1.54) is 0 Å². The largest absolute Gasteiger partial charge is 0.497 e. The second-order valence-electron chi connectivity index (χ2n) is 6.42. The van der Waals surface area contributed by atoms with Gasteiger partial charge in [-0.15, -0.1) is 0 Å². The van der Waals surface area contributed by atoms with E-state index in [0.29, 0.717) is 13.1 Å². The zero-order valence-electron chi connectivity index (χ0n) is 15.5. The molecular formula is C20H27N3O2. The van der Waals surface area contributed by atoms with Crippen molar-refractivity contribution < 1.29 is 9.53 Å². The number of amides is 1. The molecule has 0 N–H and O–H groups in total. The molecule has 5 nitrogen and oxygen atoms in total. The van der Waals surface area contributed by atoms with Gasteiger partial charge in [0.05, 0.1) is 13.0 Å². The fourth-order valence-corrected chi connectivity index (χ4v) is 2.63. The number of hydrogen-bond acceptors (Lipinski definition) is 4. The van der Waals surface area contributed by atoms with E-state index in [0.717, 1.165) is 23.4 Å². The minimum Gasteiger partial charge on any atom is -0.497 e. The minimum atomic E-state index is -0.221. The lowest BCUT2D eigenvalue weighted by molar-refractivity contribution is -0.133. The minimum absolute atomic E-state index is 0.109. The summed E-state index contributed by atoms with van der Waals surface area (Å²) in [7, 11) is 5.68. The van der Waals surface area contributed by atoms with Crippen LogP contribution in [0.1, 0.15) is 24.0 Å². The van der Waals surface area contributed by atoms with E-state index in [-0.39, 0.29) is 11.8 Å². The lowest BCUT2D eigenvalue weighted by Crippen LogP contribution is -2.38. The number of methoxy groups -OCH3 is 1. The number of benzene rings is 1. The van der Waals surface area contributed by atoms with Crippen LogP contribution >= 0.6 is 0 Å². The van der Waals surface area contributed by atoms with Gasteiger partial charge in [0.2, 0.25) is 5.91 Å². The molecule has 2 aromatic rings. The van der Waals surface area contributed by atoms with Crippen LogP contribution in [0.3, 0.4) is 0 Å². The summed E-state index contributed by atoms with van der Waals surface area (Å²) in [6, 6.07) is 11.7. The van der Waals surface area contributed by atoms with Gasteiger partial charge in [-0.05, 0) is 50.3 Å². The van der Waals surface area contributed by atoms with Gasteiger partial charge in [-0.1, -0.05) is 18.2 Å². The Balaban J connectivity index is 2.17. The SMILES string of the molecule is COc1cccc(CN(CCN(C)C)C(=O)C(C)c2cccnc2)c1. The molecule has 5 heteroatoms. The first kappa shape index (κ1) is 18.9. The molecule has 0 aliphatic rings. The lowest BCUT2D eigenvalue weighted by Gasteiger charge is -2.27. The first-order valence-corrected chi connectivity index (χ1v) is 8.47. The predicted molar refractivity (Wildman–Crippen MR) is 99.6 cm³/mol. The fourth-order valence-electron chi connectivity index (χ4n) is 2.63. The van der Waals surface area contributed by atoms with E-state index in [2.05, 4.69) is 9.88 Å². The van der Waals surface area contributed by atoms with Crippen molar-refractivity contribution >= 4 is 5.91 Å². The van der Waals surface area contributed by atoms with Crippen molar-refractivity contribution in [3.63, 3.8) is 0 Å². The van der Waals surface area contributed by atoms with Gasteiger partial charge >= 0.3 is 0 Å². The number of carbonyl (C=O) groups is 1. The summed E-state index contributed by atoms with van der Waals surface area (Å²) in [4.78, 5) is 21.2. The van der Waals surface area contributed by atoms with Gasteiger partial charge < -0.3 is 14.5 Å². The van der Waals surface area contributed by atoms with E-state index >= 15 is 0 Å². The third-order valence-electron chi connectivity index (χ3n) is 4.19. The van der Waals surface area contributed by atoms with Gasteiger partial charge in [-0.25, -0.2) is 0 Å². The zero-order valence-corrected chi connectivity index (χ0v) is 15.5. The van der Waals surface area contributed by atoms with E-state index in [1.807, 2.05) is 62.3 Å². The van der Waals surface area contributed by atoms with Crippen molar-refractivity contribution in [3.8, 4) is 5.75 Å². The summed E-state index contributed by atoms with van der Waals surface area (Å²) < 4.78 is 5.29. The molecule has 1 unspecified atom stereocenters. The smallest absolute Gasteiger partial charge is 0.230 e. The van der Waals surface area contributed by atoms with Crippen molar-refractivity contribution in [2.24, 2.45) is 0 Å². The Morgan fingerprint density at radius 1 is 1.20 bits per heavy atom. The van der Waals surface area contributed by atoms with Crippen LogP contribution in [-0.2, 0) is 11.3 Å². The van der Waals surface area contributed by atoms with Crippen LogP contribution in [0.2, 0.25) is 0 Å². The monoisotopic (exact) mass is 341 g/mol. The molecule has 1 atom stereocenters. The van der Waals surface area contributed by atoms with Gasteiger partial charge in [0.25, 0.3) is 0 Å². The maximum atomic E-state index is 13.1. The molecule has 1 aromatic heterocycles. The average molecular weight is 341 g/mol. The number of hydrogen-bond donors (Lipinski definition) is 0. The van der Waals surface area contributed by atoms with E-state index < -0.39 is 0 Å². The van der Waals surface area contributed by atoms with Crippen molar-refractivity contribution in [1.82, 2.24) is 14.8 Å². The summed E-state index contributed by atoms with van der Waals surface area (Å²) in [5.74, 6) is 0.692. The Morgan fingerprint density at radius 3 is 2.64 bits per heavy atom. The maximum Gasteiger partial charge on any atom is 0.230 e. The second kappa shape index (κ2) is 9.18. The molecule has 134 valence electrons. The van der Waals surface area contributed by atoms with Crippen molar-refractivity contribution in [2.45, 2.75) is 19.4 Å². The predicted octanol–water partition coefficient (Wildman–Crippen LogP) is 2.78. The first-order valence-electron chi connectivity index (χ1n) is 8.47. The van der Waals surface area contributed by atoms with Crippen LogP contribution in [0.5, 0.6) is 5.75 Å². The Hall–Kier alpha value is -2.40. The summed E-state index contributed by atoms with van der Waals surface area (Å²) in [5.41, 5.74) is 2.00. The first-order chi connectivity index (χ1) is 12.0.